The molecule has 2 saturated heterocycles. The summed E-state index contributed by atoms with van der Waals surface area (Å²) in [5.41, 5.74) is 0.875. The predicted octanol–water partition coefficient (Wildman–Crippen LogP) is 2.58. The Bertz CT molecular complexity index is 462. The van der Waals surface area contributed by atoms with Crippen LogP contribution in [0, 0.1) is 5.41 Å². The second kappa shape index (κ2) is 5.78. The normalized spacial score (nSPS) is 31.1. The molecule has 3 heterocycles. The molecule has 0 spiro atoms. The fourth-order valence-corrected chi connectivity index (χ4v) is 3.88. The molecule has 1 N–H and O–H groups in total. The monoisotopic (exact) mass is 298 g/mol. The molecule has 0 aromatic carbocycles. The maximum atomic E-state index is 12.9. The van der Waals surface area contributed by atoms with Crippen molar-refractivity contribution < 1.29 is 9.21 Å². The van der Waals surface area contributed by atoms with Crippen molar-refractivity contribution in [2.24, 2.45) is 5.41 Å². The summed E-state index contributed by atoms with van der Waals surface area (Å²) in [4.78, 5) is 14.7. The van der Waals surface area contributed by atoms with E-state index in [9.17, 15) is 4.79 Å². The lowest BCUT2D eigenvalue weighted by Gasteiger charge is -2.37. The number of carbonyl (C=O) groups is 1. The van der Waals surface area contributed by atoms with Crippen LogP contribution >= 0.6 is 12.4 Å². The predicted molar refractivity (Wildman–Crippen MR) is 79.7 cm³/mol. The van der Waals surface area contributed by atoms with Gasteiger partial charge in [0.2, 0.25) is 5.91 Å². The third-order valence-electron chi connectivity index (χ3n) is 4.92. The molecule has 4 nitrogen and oxygen atoms in total. The number of amides is 1. The first-order chi connectivity index (χ1) is 9.15. The smallest absolute Gasteiger partial charge is 0.230 e. The topological polar surface area (TPSA) is 45.5 Å². The lowest BCUT2D eigenvalue weighted by atomic mass is 9.71. The molecule has 2 bridgehead atoms. The molecule has 2 aliphatic rings. The second-order valence-electron chi connectivity index (χ2n) is 6.00. The standard InChI is InChI=1S/C15H22N2O2.ClH/c1-3-15(8-12-4-5-13(15)16-12)14(18)17(2)9-11-6-7-19-10-11;/h6-7,10,12-13,16H,3-5,8-9H2,1-2H3;1H/t12-,13+,15+;/m0./s1. The van der Waals surface area contributed by atoms with Gasteiger partial charge in [0.1, 0.15) is 0 Å². The third kappa shape index (κ3) is 2.35. The van der Waals surface area contributed by atoms with Crippen LogP contribution in [0.2, 0.25) is 0 Å². The Balaban J connectivity index is 0.00000147. The van der Waals surface area contributed by atoms with Gasteiger partial charge >= 0.3 is 0 Å². The van der Waals surface area contributed by atoms with Crippen LogP contribution in [0.1, 0.15) is 38.2 Å². The molecule has 1 amide bonds. The first-order valence-electron chi connectivity index (χ1n) is 7.18. The Labute approximate surface area is 126 Å². The highest BCUT2D eigenvalue weighted by atomic mass is 35.5. The maximum Gasteiger partial charge on any atom is 0.230 e. The van der Waals surface area contributed by atoms with Gasteiger partial charge in [-0.2, -0.15) is 0 Å². The van der Waals surface area contributed by atoms with Crippen LogP contribution in [-0.2, 0) is 11.3 Å². The summed E-state index contributed by atoms with van der Waals surface area (Å²) in [6.45, 7) is 2.78. The Morgan fingerprint density at radius 2 is 2.35 bits per heavy atom. The van der Waals surface area contributed by atoms with Gasteiger partial charge in [0.25, 0.3) is 0 Å². The van der Waals surface area contributed by atoms with Crippen LogP contribution in [-0.4, -0.2) is 29.9 Å². The van der Waals surface area contributed by atoms with Gasteiger partial charge in [0.05, 0.1) is 17.9 Å². The Morgan fingerprint density at radius 1 is 1.55 bits per heavy atom. The summed E-state index contributed by atoms with van der Waals surface area (Å²) in [5.74, 6) is 0.288. The minimum absolute atomic E-state index is 0. The minimum Gasteiger partial charge on any atom is -0.472 e. The SMILES string of the molecule is CC[C@@]1(C(=O)N(C)Cc2ccoc2)C[C@@H]2CC[C@H]1N2.Cl. The number of carbonyl (C=O) groups excluding carboxylic acids is 1. The zero-order valence-electron chi connectivity index (χ0n) is 12.1. The summed E-state index contributed by atoms with van der Waals surface area (Å²) >= 11 is 0. The van der Waals surface area contributed by atoms with Gasteiger partial charge in [-0.1, -0.05) is 6.92 Å². The molecule has 112 valence electrons. The van der Waals surface area contributed by atoms with Crippen molar-refractivity contribution in [1.82, 2.24) is 10.2 Å². The summed E-state index contributed by atoms with van der Waals surface area (Å²) < 4.78 is 5.07. The van der Waals surface area contributed by atoms with Crippen LogP contribution in [0.4, 0.5) is 0 Å². The van der Waals surface area contributed by atoms with Crippen LogP contribution in [0.5, 0.6) is 0 Å². The Morgan fingerprint density at radius 3 is 2.85 bits per heavy atom. The number of nitrogens with one attached hydrogen (secondary N) is 1. The van der Waals surface area contributed by atoms with Crippen LogP contribution < -0.4 is 5.32 Å². The Kier molecular flexibility index (Phi) is 4.45. The summed E-state index contributed by atoms with van der Waals surface area (Å²) in [6, 6.07) is 2.85. The summed E-state index contributed by atoms with van der Waals surface area (Å²) in [5, 5.41) is 3.60. The number of rotatable bonds is 4. The second-order valence-corrected chi connectivity index (χ2v) is 6.00. The quantitative estimate of drug-likeness (QED) is 0.929. The molecule has 0 aliphatic carbocycles. The van der Waals surface area contributed by atoms with E-state index in [0.717, 1.165) is 24.8 Å². The number of hydrogen-bond donors (Lipinski definition) is 1. The van der Waals surface area contributed by atoms with Crippen LogP contribution in [0.25, 0.3) is 0 Å². The third-order valence-corrected chi connectivity index (χ3v) is 4.92. The van der Waals surface area contributed by atoms with Gasteiger partial charge in [0, 0.05) is 31.2 Å². The number of furan rings is 1. The average molecular weight is 299 g/mol. The van der Waals surface area contributed by atoms with E-state index in [1.165, 1.54) is 6.42 Å². The van der Waals surface area contributed by atoms with Crippen molar-refractivity contribution >= 4 is 18.3 Å². The van der Waals surface area contributed by atoms with E-state index in [1.54, 1.807) is 12.5 Å². The Hall–Kier alpha value is -1.00. The van der Waals surface area contributed by atoms with E-state index in [0.29, 0.717) is 18.6 Å². The van der Waals surface area contributed by atoms with Gasteiger partial charge in [-0.05, 0) is 31.7 Å². The summed E-state index contributed by atoms with van der Waals surface area (Å²) in [6.07, 6.45) is 7.66. The highest BCUT2D eigenvalue weighted by Crippen LogP contribution is 2.46. The number of fused-ring (bicyclic) bond motifs is 2. The van der Waals surface area contributed by atoms with Crippen molar-refractivity contribution in [3.63, 3.8) is 0 Å². The van der Waals surface area contributed by atoms with Crippen molar-refractivity contribution in [3.05, 3.63) is 24.2 Å². The van der Waals surface area contributed by atoms with Gasteiger partial charge in [-0.25, -0.2) is 0 Å². The van der Waals surface area contributed by atoms with Crippen LogP contribution in [0.15, 0.2) is 23.0 Å². The summed E-state index contributed by atoms with van der Waals surface area (Å²) in [7, 11) is 1.90. The molecular formula is C15H23ClN2O2. The molecule has 3 rings (SSSR count). The minimum atomic E-state index is -0.179. The highest BCUT2D eigenvalue weighted by molar-refractivity contribution is 5.85. The van der Waals surface area contributed by atoms with Gasteiger partial charge in [0.15, 0.2) is 0 Å². The van der Waals surface area contributed by atoms with Crippen molar-refractivity contribution in [2.45, 2.75) is 51.2 Å². The zero-order valence-corrected chi connectivity index (χ0v) is 12.9. The molecule has 1 aromatic rings. The van der Waals surface area contributed by atoms with Crippen LogP contribution in [0.3, 0.4) is 0 Å². The molecule has 0 radical (unpaired) electrons. The van der Waals surface area contributed by atoms with Crippen molar-refractivity contribution in [1.29, 1.82) is 0 Å². The highest BCUT2D eigenvalue weighted by Gasteiger charge is 2.54. The molecule has 2 aliphatic heterocycles. The number of nitrogens with zero attached hydrogens (tertiary/aromatic N) is 1. The fourth-order valence-electron chi connectivity index (χ4n) is 3.88. The molecule has 5 heteroatoms. The van der Waals surface area contributed by atoms with E-state index in [-0.39, 0.29) is 23.7 Å². The van der Waals surface area contributed by atoms with E-state index in [4.69, 9.17) is 4.42 Å². The van der Waals surface area contributed by atoms with E-state index in [2.05, 4.69) is 12.2 Å². The largest absolute Gasteiger partial charge is 0.472 e. The lowest BCUT2D eigenvalue weighted by molar-refractivity contribution is -0.143. The first-order valence-corrected chi connectivity index (χ1v) is 7.18. The molecule has 20 heavy (non-hydrogen) atoms. The number of halogens is 1. The van der Waals surface area contributed by atoms with Gasteiger partial charge < -0.3 is 14.6 Å². The van der Waals surface area contributed by atoms with E-state index in [1.807, 2.05) is 18.0 Å². The van der Waals surface area contributed by atoms with Crippen molar-refractivity contribution in [2.75, 3.05) is 7.05 Å². The number of hydrogen-bond acceptors (Lipinski definition) is 3. The first kappa shape index (κ1) is 15.4. The molecule has 2 fully saturated rings. The van der Waals surface area contributed by atoms with Gasteiger partial charge in [-0.3, -0.25) is 4.79 Å². The molecule has 0 saturated carbocycles. The molecule has 0 unspecified atom stereocenters. The molecular weight excluding hydrogens is 276 g/mol. The maximum absolute atomic E-state index is 12.9. The van der Waals surface area contributed by atoms with E-state index < -0.39 is 0 Å². The van der Waals surface area contributed by atoms with E-state index >= 15 is 0 Å². The van der Waals surface area contributed by atoms with Crippen molar-refractivity contribution in [3.8, 4) is 0 Å². The fraction of sp³-hybridized carbons (Fsp3) is 0.667. The lowest BCUT2D eigenvalue weighted by Crippen LogP contribution is -2.48. The molecule has 3 atom stereocenters. The molecule has 1 aromatic heterocycles. The zero-order chi connectivity index (χ0) is 13.5. The average Bonchev–Trinajstić information content (AvgIpc) is 3.13. The van der Waals surface area contributed by atoms with Gasteiger partial charge in [-0.15, -0.1) is 12.4 Å².